The lowest BCUT2D eigenvalue weighted by Gasteiger charge is -2.34. The van der Waals surface area contributed by atoms with Crippen molar-refractivity contribution in [3.05, 3.63) is 56.7 Å². The van der Waals surface area contributed by atoms with E-state index >= 15 is 0 Å². The maximum absolute atomic E-state index is 13.2. The second-order valence-electron chi connectivity index (χ2n) is 8.24. The molecule has 1 saturated heterocycles. The summed E-state index contributed by atoms with van der Waals surface area (Å²) in [6.07, 6.45) is 0. The molecule has 3 aromatic rings. The molecule has 0 spiro atoms. The molecule has 9 heteroatoms. The first-order chi connectivity index (χ1) is 16.0. The molecule has 1 fully saturated rings. The molecule has 3 heterocycles. The summed E-state index contributed by atoms with van der Waals surface area (Å²) in [4.78, 5) is 37.0. The van der Waals surface area contributed by atoms with Gasteiger partial charge in [-0.2, -0.15) is 0 Å². The predicted molar refractivity (Wildman–Crippen MR) is 134 cm³/mol. The third-order valence-electron chi connectivity index (χ3n) is 6.07. The highest BCUT2D eigenvalue weighted by molar-refractivity contribution is 7.99. The third-order valence-corrected chi connectivity index (χ3v) is 8.13. The lowest BCUT2D eigenvalue weighted by atomic mass is 10.2. The number of rotatable bonds is 8. The van der Waals surface area contributed by atoms with Crippen LogP contribution in [-0.2, 0) is 22.6 Å². The number of hydrogen-bond donors (Lipinski definition) is 0. The molecule has 1 aromatic carbocycles. The SMILES string of the molecule is COCCn1c(SCC(=O)N2CCN(Cc3ccccc3)CC2)nc2sc(C)c(C)c2c1=O. The van der Waals surface area contributed by atoms with E-state index in [2.05, 4.69) is 29.2 Å². The molecule has 4 rings (SSSR count). The molecule has 0 atom stereocenters. The molecule has 0 aliphatic carbocycles. The molecule has 0 unspecified atom stereocenters. The minimum atomic E-state index is -0.0524. The Morgan fingerprint density at radius 1 is 1.15 bits per heavy atom. The van der Waals surface area contributed by atoms with Crippen molar-refractivity contribution in [2.75, 3.05) is 45.6 Å². The molecule has 0 N–H and O–H groups in total. The van der Waals surface area contributed by atoms with Gasteiger partial charge >= 0.3 is 0 Å². The Kier molecular flexibility index (Phi) is 7.85. The zero-order valence-corrected chi connectivity index (χ0v) is 21.0. The van der Waals surface area contributed by atoms with Gasteiger partial charge in [-0.15, -0.1) is 11.3 Å². The lowest BCUT2D eigenvalue weighted by Crippen LogP contribution is -2.48. The van der Waals surface area contributed by atoms with Gasteiger partial charge in [0.1, 0.15) is 4.83 Å². The van der Waals surface area contributed by atoms with E-state index in [0.717, 1.165) is 48.0 Å². The number of amides is 1. The topological polar surface area (TPSA) is 67.7 Å². The van der Waals surface area contributed by atoms with E-state index in [4.69, 9.17) is 9.72 Å². The Balaban J connectivity index is 1.40. The minimum Gasteiger partial charge on any atom is -0.383 e. The number of hydrogen-bond acceptors (Lipinski definition) is 7. The molecular formula is C24H30N4O3S2. The summed E-state index contributed by atoms with van der Waals surface area (Å²) < 4.78 is 6.86. The summed E-state index contributed by atoms with van der Waals surface area (Å²) in [6, 6.07) is 10.4. The van der Waals surface area contributed by atoms with Crippen molar-refractivity contribution in [3.63, 3.8) is 0 Å². The fourth-order valence-corrected chi connectivity index (χ4v) is 6.01. The lowest BCUT2D eigenvalue weighted by molar-refractivity contribution is -0.130. The van der Waals surface area contributed by atoms with Crippen molar-refractivity contribution >= 4 is 39.2 Å². The monoisotopic (exact) mass is 486 g/mol. The Hall–Kier alpha value is -2.20. The number of aryl methyl sites for hydroxylation is 2. The molecule has 1 aliphatic rings. The van der Waals surface area contributed by atoms with Crippen LogP contribution in [0.1, 0.15) is 16.0 Å². The molecule has 7 nitrogen and oxygen atoms in total. The van der Waals surface area contributed by atoms with Gasteiger partial charge in [-0.05, 0) is 25.0 Å². The number of nitrogens with zero attached hydrogens (tertiary/aromatic N) is 4. The quantitative estimate of drug-likeness (QED) is 0.360. The van der Waals surface area contributed by atoms with Crippen LogP contribution in [0.2, 0.25) is 0 Å². The number of ether oxygens (including phenoxy) is 1. The number of carbonyl (C=O) groups excluding carboxylic acids is 1. The third kappa shape index (κ3) is 5.48. The summed E-state index contributed by atoms with van der Waals surface area (Å²) in [5.74, 6) is 0.359. The Bertz CT molecular complexity index is 1170. The molecule has 0 radical (unpaired) electrons. The Morgan fingerprint density at radius 3 is 2.58 bits per heavy atom. The van der Waals surface area contributed by atoms with Gasteiger partial charge in [0.25, 0.3) is 5.56 Å². The van der Waals surface area contributed by atoms with Crippen LogP contribution in [0, 0.1) is 13.8 Å². The molecule has 1 aliphatic heterocycles. The number of aromatic nitrogens is 2. The van der Waals surface area contributed by atoms with Gasteiger partial charge in [-0.25, -0.2) is 4.98 Å². The van der Waals surface area contributed by atoms with E-state index in [-0.39, 0.29) is 17.2 Å². The summed E-state index contributed by atoms with van der Waals surface area (Å²) in [5.41, 5.74) is 2.23. The number of benzene rings is 1. The maximum atomic E-state index is 13.2. The average molecular weight is 487 g/mol. The van der Waals surface area contributed by atoms with Crippen molar-refractivity contribution in [1.29, 1.82) is 0 Å². The van der Waals surface area contributed by atoms with Crippen molar-refractivity contribution < 1.29 is 9.53 Å². The number of fused-ring (bicyclic) bond motifs is 1. The number of piperazine rings is 1. The largest absolute Gasteiger partial charge is 0.383 e. The van der Waals surface area contributed by atoms with Gasteiger partial charge in [-0.1, -0.05) is 42.1 Å². The molecular weight excluding hydrogens is 456 g/mol. The Morgan fingerprint density at radius 2 is 1.88 bits per heavy atom. The smallest absolute Gasteiger partial charge is 0.263 e. The van der Waals surface area contributed by atoms with E-state index < -0.39 is 0 Å². The predicted octanol–water partition coefficient (Wildman–Crippen LogP) is 3.16. The molecule has 0 saturated carbocycles. The molecule has 2 aromatic heterocycles. The normalized spacial score (nSPS) is 14.8. The van der Waals surface area contributed by atoms with Gasteiger partial charge in [0, 0.05) is 44.7 Å². The first-order valence-corrected chi connectivity index (χ1v) is 12.9. The number of carbonyl (C=O) groups is 1. The number of methoxy groups -OCH3 is 1. The first kappa shape index (κ1) is 23.9. The standard InChI is InChI=1S/C24H30N4O3S2/c1-17-18(2)33-22-21(17)23(30)28(13-14-31-3)24(25-22)32-16-20(29)27-11-9-26(10-12-27)15-19-7-5-4-6-8-19/h4-8H,9-16H2,1-3H3. The zero-order chi connectivity index (χ0) is 23.4. The zero-order valence-electron chi connectivity index (χ0n) is 19.4. The van der Waals surface area contributed by atoms with Crippen LogP contribution >= 0.6 is 23.1 Å². The van der Waals surface area contributed by atoms with E-state index in [1.165, 1.54) is 28.7 Å². The van der Waals surface area contributed by atoms with Crippen LogP contribution in [0.4, 0.5) is 0 Å². The summed E-state index contributed by atoms with van der Waals surface area (Å²) in [5, 5.41) is 1.26. The maximum Gasteiger partial charge on any atom is 0.263 e. The second-order valence-corrected chi connectivity index (χ2v) is 10.4. The van der Waals surface area contributed by atoms with E-state index in [1.54, 1.807) is 11.7 Å². The van der Waals surface area contributed by atoms with Crippen LogP contribution in [0.15, 0.2) is 40.3 Å². The van der Waals surface area contributed by atoms with Crippen molar-refractivity contribution in [1.82, 2.24) is 19.4 Å². The van der Waals surface area contributed by atoms with Crippen LogP contribution in [0.25, 0.3) is 10.2 Å². The van der Waals surface area contributed by atoms with Gasteiger partial charge < -0.3 is 9.64 Å². The van der Waals surface area contributed by atoms with Crippen LogP contribution in [0.5, 0.6) is 0 Å². The van der Waals surface area contributed by atoms with Gasteiger partial charge in [0.2, 0.25) is 5.91 Å². The van der Waals surface area contributed by atoms with Crippen molar-refractivity contribution in [3.8, 4) is 0 Å². The highest BCUT2D eigenvalue weighted by atomic mass is 32.2. The molecule has 1 amide bonds. The fourth-order valence-electron chi connectivity index (χ4n) is 4.01. The van der Waals surface area contributed by atoms with Crippen LogP contribution < -0.4 is 5.56 Å². The fraction of sp³-hybridized carbons (Fsp3) is 0.458. The van der Waals surface area contributed by atoms with Gasteiger partial charge in [0.15, 0.2) is 5.16 Å². The summed E-state index contributed by atoms with van der Waals surface area (Å²) in [7, 11) is 1.62. The summed E-state index contributed by atoms with van der Waals surface area (Å²) >= 11 is 2.88. The molecule has 176 valence electrons. The first-order valence-electron chi connectivity index (χ1n) is 11.1. The molecule has 0 bridgehead atoms. The van der Waals surface area contributed by atoms with Crippen molar-refractivity contribution in [2.24, 2.45) is 0 Å². The number of thioether (sulfide) groups is 1. The second kappa shape index (κ2) is 10.8. The highest BCUT2D eigenvalue weighted by Gasteiger charge is 2.23. The van der Waals surface area contributed by atoms with Crippen LogP contribution in [0.3, 0.4) is 0 Å². The molecule has 33 heavy (non-hydrogen) atoms. The van der Waals surface area contributed by atoms with E-state index in [1.807, 2.05) is 24.8 Å². The van der Waals surface area contributed by atoms with Crippen molar-refractivity contribution in [2.45, 2.75) is 32.1 Å². The number of thiophene rings is 1. The van der Waals surface area contributed by atoms with E-state index in [0.29, 0.717) is 23.7 Å². The highest BCUT2D eigenvalue weighted by Crippen LogP contribution is 2.28. The van der Waals surface area contributed by atoms with E-state index in [9.17, 15) is 9.59 Å². The van der Waals surface area contributed by atoms with Crippen LogP contribution in [-0.4, -0.2) is 70.9 Å². The average Bonchev–Trinajstić information content (AvgIpc) is 3.11. The Labute approximate surface area is 202 Å². The summed E-state index contributed by atoms with van der Waals surface area (Å²) in [6.45, 7) is 8.88. The van der Waals surface area contributed by atoms with Gasteiger partial charge in [0.05, 0.1) is 24.3 Å². The van der Waals surface area contributed by atoms with Gasteiger partial charge in [-0.3, -0.25) is 19.1 Å². The minimum absolute atomic E-state index is 0.0524.